The normalized spacial score (nSPS) is 16.4. The first-order chi connectivity index (χ1) is 7.16. The van der Waals surface area contributed by atoms with Crippen LogP contribution in [0.3, 0.4) is 0 Å². The summed E-state index contributed by atoms with van der Waals surface area (Å²) >= 11 is 0. The highest BCUT2D eigenvalue weighted by molar-refractivity contribution is 6.05. The van der Waals surface area contributed by atoms with Crippen molar-refractivity contribution in [1.82, 2.24) is 5.32 Å². The molecule has 0 bridgehead atoms. The largest absolute Gasteiger partial charge is 0.508 e. The van der Waals surface area contributed by atoms with E-state index in [9.17, 15) is 9.59 Å². The lowest BCUT2D eigenvalue weighted by molar-refractivity contribution is -0.120. The molecule has 5 nitrogen and oxygen atoms in total. The molecule has 2 rings (SSSR count). The topological polar surface area (TPSA) is 69.6 Å². The highest BCUT2D eigenvalue weighted by atomic mass is 16.3. The summed E-state index contributed by atoms with van der Waals surface area (Å²) in [4.78, 5) is 23.8. The van der Waals surface area contributed by atoms with E-state index in [1.54, 1.807) is 12.1 Å². The van der Waals surface area contributed by atoms with Crippen LogP contribution in [0.15, 0.2) is 24.3 Å². The number of imide groups is 1. The number of hydrogen-bond acceptors (Lipinski definition) is 3. The van der Waals surface area contributed by atoms with Gasteiger partial charge in [0.15, 0.2) is 0 Å². The molecule has 1 saturated heterocycles. The molecule has 2 N–H and O–H groups in total. The van der Waals surface area contributed by atoms with E-state index in [2.05, 4.69) is 5.32 Å². The third-order valence-corrected chi connectivity index (χ3v) is 2.22. The van der Waals surface area contributed by atoms with E-state index in [0.29, 0.717) is 18.7 Å². The summed E-state index contributed by atoms with van der Waals surface area (Å²) in [6.07, 6.45) is 0.298. The van der Waals surface area contributed by atoms with Gasteiger partial charge in [0.25, 0.3) is 0 Å². The summed E-state index contributed by atoms with van der Waals surface area (Å²) in [7, 11) is 0. The third-order valence-electron chi connectivity index (χ3n) is 2.22. The van der Waals surface area contributed by atoms with Gasteiger partial charge < -0.3 is 5.11 Å². The molecule has 0 aromatic heterocycles. The SMILES string of the molecule is O=C1CCN(c2ccc(O)cc2)C(=O)N1. The van der Waals surface area contributed by atoms with E-state index in [1.165, 1.54) is 17.0 Å². The lowest BCUT2D eigenvalue weighted by Gasteiger charge is -2.26. The Morgan fingerprint density at radius 2 is 1.87 bits per heavy atom. The number of urea groups is 1. The lowest BCUT2D eigenvalue weighted by atomic mass is 10.2. The highest BCUT2D eigenvalue weighted by Crippen LogP contribution is 2.19. The second-order valence-corrected chi connectivity index (χ2v) is 3.27. The molecule has 5 heteroatoms. The van der Waals surface area contributed by atoms with Crippen LogP contribution in [-0.4, -0.2) is 23.6 Å². The molecular weight excluding hydrogens is 196 g/mol. The Labute approximate surface area is 86.3 Å². The van der Waals surface area contributed by atoms with Crippen LogP contribution in [0.5, 0.6) is 5.75 Å². The number of hydrogen-bond donors (Lipinski definition) is 2. The van der Waals surface area contributed by atoms with Gasteiger partial charge in [-0.15, -0.1) is 0 Å². The summed E-state index contributed by atoms with van der Waals surface area (Å²) in [6, 6.07) is 5.84. The molecule has 0 spiro atoms. The van der Waals surface area contributed by atoms with Crippen LogP contribution in [0.2, 0.25) is 0 Å². The monoisotopic (exact) mass is 206 g/mol. The van der Waals surface area contributed by atoms with Crippen LogP contribution in [0.25, 0.3) is 0 Å². The molecule has 1 aromatic carbocycles. The summed E-state index contributed by atoms with van der Waals surface area (Å²) in [6.45, 7) is 0.370. The number of carbonyl (C=O) groups is 2. The molecule has 1 aliphatic heterocycles. The molecule has 0 atom stereocenters. The van der Waals surface area contributed by atoms with Gasteiger partial charge in [0.2, 0.25) is 5.91 Å². The van der Waals surface area contributed by atoms with Crippen LogP contribution in [0.1, 0.15) is 6.42 Å². The fourth-order valence-electron chi connectivity index (χ4n) is 1.44. The second-order valence-electron chi connectivity index (χ2n) is 3.27. The van der Waals surface area contributed by atoms with Crippen molar-refractivity contribution >= 4 is 17.6 Å². The molecule has 1 aliphatic rings. The van der Waals surface area contributed by atoms with E-state index in [1.807, 2.05) is 0 Å². The molecule has 0 unspecified atom stereocenters. The van der Waals surface area contributed by atoms with Crippen molar-refractivity contribution in [3.8, 4) is 5.75 Å². The minimum atomic E-state index is -0.420. The maximum atomic E-state index is 11.4. The highest BCUT2D eigenvalue weighted by Gasteiger charge is 2.23. The van der Waals surface area contributed by atoms with Gasteiger partial charge in [-0.1, -0.05) is 0 Å². The van der Waals surface area contributed by atoms with Gasteiger partial charge in [-0.25, -0.2) is 4.79 Å². The van der Waals surface area contributed by atoms with E-state index in [0.717, 1.165) is 0 Å². The molecule has 3 amide bonds. The maximum absolute atomic E-state index is 11.4. The molecule has 0 saturated carbocycles. The molecular formula is C10H10N2O3. The van der Waals surface area contributed by atoms with E-state index < -0.39 is 6.03 Å². The fourth-order valence-corrected chi connectivity index (χ4v) is 1.44. The number of nitrogens with one attached hydrogen (secondary N) is 1. The number of carbonyl (C=O) groups excluding carboxylic acids is 2. The van der Waals surface area contributed by atoms with Crippen LogP contribution < -0.4 is 10.2 Å². The number of benzene rings is 1. The van der Waals surface area contributed by atoms with Crippen molar-refractivity contribution in [2.45, 2.75) is 6.42 Å². The Bertz CT molecular complexity index is 400. The minimum Gasteiger partial charge on any atom is -0.508 e. The van der Waals surface area contributed by atoms with Crippen molar-refractivity contribution in [3.63, 3.8) is 0 Å². The van der Waals surface area contributed by atoms with Gasteiger partial charge in [0.1, 0.15) is 5.75 Å². The van der Waals surface area contributed by atoms with Crippen molar-refractivity contribution < 1.29 is 14.7 Å². The Hall–Kier alpha value is -2.04. The van der Waals surface area contributed by atoms with Gasteiger partial charge in [0, 0.05) is 18.7 Å². The zero-order chi connectivity index (χ0) is 10.8. The van der Waals surface area contributed by atoms with E-state index in [-0.39, 0.29) is 11.7 Å². The first-order valence-electron chi connectivity index (χ1n) is 4.57. The van der Waals surface area contributed by atoms with Gasteiger partial charge in [-0.2, -0.15) is 0 Å². The molecule has 1 aromatic rings. The van der Waals surface area contributed by atoms with Crippen molar-refractivity contribution in [2.24, 2.45) is 0 Å². The summed E-state index contributed by atoms with van der Waals surface area (Å²) in [5, 5.41) is 11.3. The zero-order valence-electron chi connectivity index (χ0n) is 7.93. The number of rotatable bonds is 1. The van der Waals surface area contributed by atoms with Crippen LogP contribution in [0.4, 0.5) is 10.5 Å². The van der Waals surface area contributed by atoms with Gasteiger partial charge in [-0.05, 0) is 24.3 Å². The van der Waals surface area contributed by atoms with E-state index >= 15 is 0 Å². The predicted octanol–water partition coefficient (Wildman–Crippen LogP) is 0.839. The fraction of sp³-hybridized carbons (Fsp3) is 0.200. The number of anilines is 1. The zero-order valence-corrected chi connectivity index (χ0v) is 7.93. The standard InChI is InChI=1S/C10H10N2O3/c13-8-3-1-7(2-4-8)12-6-5-9(14)11-10(12)15/h1-4,13H,5-6H2,(H,11,14,15). The Morgan fingerprint density at radius 3 is 2.47 bits per heavy atom. The van der Waals surface area contributed by atoms with Gasteiger partial charge in [0.05, 0.1) is 0 Å². The smallest absolute Gasteiger partial charge is 0.328 e. The lowest BCUT2D eigenvalue weighted by Crippen LogP contribution is -2.49. The van der Waals surface area contributed by atoms with Crippen LogP contribution in [-0.2, 0) is 4.79 Å². The van der Waals surface area contributed by atoms with Gasteiger partial charge in [-0.3, -0.25) is 15.0 Å². The first-order valence-corrected chi connectivity index (χ1v) is 4.57. The van der Waals surface area contributed by atoms with Crippen molar-refractivity contribution in [2.75, 3.05) is 11.4 Å². The number of nitrogens with zero attached hydrogens (tertiary/aromatic N) is 1. The van der Waals surface area contributed by atoms with Crippen molar-refractivity contribution in [1.29, 1.82) is 0 Å². The number of phenolic OH excluding ortho intramolecular Hbond substituents is 1. The van der Waals surface area contributed by atoms with Crippen LogP contribution in [0, 0.1) is 0 Å². The van der Waals surface area contributed by atoms with Crippen molar-refractivity contribution in [3.05, 3.63) is 24.3 Å². The first kappa shape index (κ1) is 9.51. The second kappa shape index (κ2) is 3.61. The molecule has 78 valence electrons. The maximum Gasteiger partial charge on any atom is 0.328 e. The molecule has 1 fully saturated rings. The summed E-state index contributed by atoms with van der Waals surface area (Å²) in [5.41, 5.74) is 0.665. The minimum absolute atomic E-state index is 0.146. The molecule has 0 aliphatic carbocycles. The average molecular weight is 206 g/mol. The Balaban J connectivity index is 2.20. The molecule has 1 heterocycles. The molecule has 0 radical (unpaired) electrons. The summed E-state index contributed by atoms with van der Waals surface area (Å²) in [5.74, 6) is -0.109. The molecule has 15 heavy (non-hydrogen) atoms. The number of aromatic hydroxyl groups is 1. The van der Waals surface area contributed by atoms with E-state index in [4.69, 9.17) is 5.11 Å². The average Bonchev–Trinajstić information content (AvgIpc) is 2.20. The Morgan fingerprint density at radius 1 is 1.20 bits per heavy atom. The Kier molecular flexibility index (Phi) is 2.29. The summed E-state index contributed by atoms with van der Waals surface area (Å²) < 4.78 is 0. The quantitative estimate of drug-likeness (QED) is 0.715. The predicted molar refractivity (Wildman–Crippen MR) is 53.6 cm³/mol. The van der Waals surface area contributed by atoms with Crippen LogP contribution >= 0.6 is 0 Å². The number of amides is 3. The third kappa shape index (κ3) is 1.90. The number of phenols is 1. The van der Waals surface area contributed by atoms with Gasteiger partial charge >= 0.3 is 6.03 Å².